The first-order valence-electron chi connectivity index (χ1n) is 4.64. The Balaban J connectivity index is 4.01. The van der Waals surface area contributed by atoms with E-state index in [1.807, 2.05) is 19.0 Å². The Hall–Kier alpha value is -1.63. The Kier molecular flexibility index (Phi) is 6.09. The van der Waals surface area contributed by atoms with Crippen LogP contribution in [0.2, 0.25) is 0 Å². The number of hydrogen-bond acceptors (Lipinski definition) is 5. The van der Waals surface area contributed by atoms with Crippen LogP contribution in [0.15, 0.2) is 0 Å². The van der Waals surface area contributed by atoms with Gasteiger partial charge in [-0.05, 0) is 27.1 Å². The van der Waals surface area contributed by atoms with Crippen molar-refractivity contribution in [2.75, 3.05) is 20.6 Å². The van der Waals surface area contributed by atoms with Gasteiger partial charge in [-0.3, -0.25) is 4.79 Å². The molecule has 0 radical (unpaired) electrons. The predicted octanol–water partition coefficient (Wildman–Crippen LogP) is -0.591. The normalized spacial score (nSPS) is 10.5. The summed E-state index contributed by atoms with van der Waals surface area (Å²) < 4.78 is 4.30. The molecule has 7 heteroatoms. The molecule has 7 nitrogen and oxygen atoms in total. The summed E-state index contributed by atoms with van der Waals surface area (Å²) in [5, 5.41) is 16.9. The Morgan fingerprint density at radius 2 is 1.69 bits per heavy atom. The second-order valence-corrected chi connectivity index (χ2v) is 3.45. The topological polar surface area (TPSA) is 104 Å². The first-order valence-corrected chi connectivity index (χ1v) is 4.64. The van der Waals surface area contributed by atoms with Crippen molar-refractivity contribution in [3.63, 3.8) is 0 Å². The van der Waals surface area contributed by atoms with Gasteiger partial charge in [0, 0.05) is 6.42 Å². The summed E-state index contributed by atoms with van der Waals surface area (Å²) in [6.45, 7) is 0.639. The average Bonchev–Trinajstić information content (AvgIpc) is 2.12. The third-order valence-electron chi connectivity index (χ3n) is 1.68. The van der Waals surface area contributed by atoms with Crippen LogP contribution in [0.1, 0.15) is 12.8 Å². The molecule has 0 bridgehead atoms. The van der Waals surface area contributed by atoms with Gasteiger partial charge in [-0.15, -0.1) is 0 Å². The minimum atomic E-state index is -2.12. The molecule has 0 aliphatic carbocycles. The molecule has 0 fully saturated rings. The Morgan fingerprint density at radius 3 is 2.06 bits per heavy atom. The largest absolute Gasteiger partial charge is 0.478 e. The van der Waals surface area contributed by atoms with E-state index in [0.29, 0.717) is 13.0 Å². The molecule has 0 aliphatic rings. The number of rotatable bonds is 7. The Morgan fingerprint density at radius 1 is 1.19 bits per heavy atom. The molecular weight excluding hydrogens is 218 g/mol. The van der Waals surface area contributed by atoms with Crippen LogP contribution in [-0.4, -0.2) is 59.8 Å². The van der Waals surface area contributed by atoms with E-state index in [0.717, 1.165) is 0 Å². The van der Waals surface area contributed by atoms with Crippen LogP contribution in [-0.2, 0) is 19.1 Å². The molecule has 16 heavy (non-hydrogen) atoms. The number of carbonyl (C=O) groups excluding carboxylic acids is 1. The van der Waals surface area contributed by atoms with E-state index in [9.17, 15) is 14.4 Å². The zero-order valence-corrected chi connectivity index (χ0v) is 9.17. The first-order chi connectivity index (χ1) is 7.34. The summed E-state index contributed by atoms with van der Waals surface area (Å²) in [6.07, 6.45) is -1.64. The Labute approximate surface area is 92.6 Å². The number of ether oxygens (including phenoxy) is 1. The summed E-state index contributed by atoms with van der Waals surface area (Å²) in [7, 11) is 3.64. The molecule has 0 atom stereocenters. The number of carboxylic acids is 2. The van der Waals surface area contributed by atoms with E-state index in [2.05, 4.69) is 4.74 Å². The third-order valence-corrected chi connectivity index (χ3v) is 1.68. The van der Waals surface area contributed by atoms with E-state index in [4.69, 9.17) is 10.2 Å². The number of carbonyl (C=O) groups is 3. The van der Waals surface area contributed by atoms with Gasteiger partial charge in [0.05, 0.1) is 0 Å². The van der Waals surface area contributed by atoms with Crippen molar-refractivity contribution in [2.24, 2.45) is 0 Å². The molecule has 0 amide bonds. The van der Waals surface area contributed by atoms with Crippen LogP contribution in [0.3, 0.4) is 0 Å². The third kappa shape index (κ3) is 5.97. The van der Waals surface area contributed by atoms with Gasteiger partial charge in [0.2, 0.25) is 0 Å². The number of aliphatic carboxylic acids is 2. The zero-order chi connectivity index (χ0) is 12.7. The molecule has 0 heterocycles. The van der Waals surface area contributed by atoms with Gasteiger partial charge in [-0.25, -0.2) is 9.59 Å². The van der Waals surface area contributed by atoms with Gasteiger partial charge in [0.15, 0.2) is 0 Å². The molecule has 0 aromatic carbocycles. The summed E-state index contributed by atoms with van der Waals surface area (Å²) >= 11 is 0. The lowest BCUT2D eigenvalue weighted by Crippen LogP contribution is -2.34. The van der Waals surface area contributed by atoms with Gasteiger partial charge in [-0.2, -0.15) is 0 Å². The summed E-state index contributed by atoms with van der Waals surface area (Å²) in [5.41, 5.74) is 0. The van der Waals surface area contributed by atoms with Crippen molar-refractivity contribution in [1.29, 1.82) is 0 Å². The number of esters is 1. The fraction of sp³-hybridized carbons (Fsp3) is 0.667. The highest BCUT2D eigenvalue weighted by atomic mass is 16.6. The van der Waals surface area contributed by atoms with Crippen molar-refractivity contribution >= 4 is 17.9 Å². The molecule has 0 saturated carbocycles. The van der Waals surface area contributed by atoms with Crippen molar-refractivity contribution in [3.8, 4) is 0 Å². The molecule has 2 N–H and O–H groups in total. The molecule has 0 aromatic rings. The summed E-state index contributed by atoms with van der Waals surface area (Å²) in [4.78, 5) is 33.7. The van der Waals surface area contributed by atoms with Gasteiger partial charge in [0.1, 0.15) is 0 Å². The van der Waals surface area contributed by atoms with Crippen LogP contribution in [0.4, 0.5) is 0 Å². The lowest BCUT2D eigenvalue weighted by Gasteiger charge is -2.11. The zero-order valence-electron chi connectivity index (χ0n) is 9.17. The second kappa shape index (κ2) is 6.78. The maximum Gasteiger partial charge on any atom is 0.356 e. The van der Waals surface area contributed by atoms with Crippen molar-refractivity contribution in [3.05, 3.63) is 0 Å². The van der Waals surface area contributed by atoms with Crippen LogP contribution in [0, 0.1) is 0 Å². The fourth-order valence-corrected chi connectivity index (χ4v) is 0.936. The van der Waals surface area contributed by atoms with Gasteiger partial charge < -0.3 is 19.8 Å². The lowest BCUT2D eigenvalue weighted by atomic mass is 10.3. The molecular formula is C9H15NO6. The number of nitrogens with zero attached hydrogens (tertiary/aromatic N) is 1. The van der Waals surface area contributed by atoms with Gasteiger partial charge >= 0.3 is 17.9 Å². The van der Waals surface area contributed by atoms with E-state index in [1.54, 1.807) is 0 Å². The lowest BCUT2D eigenvalue weighted by molar-refractivity contribution is -0.174. The summed E-state index contributed by atoms with van der Waals surface area (Å²) in [6, 6.07) is 0. The molecule has 0 aliphatic heterocycles. The SMILES string of the molecule is CN(C)CCCC(=O)OC(C(=O)O)C(=O)O. The molecule has 0 saturated heterocycles. The average molecular weight is 233 g/mol. The second-order valence-electron chi connectivity index (χ2n) is 3.45. The van der Waals surface area contributed by atoms with Gasteiger partial charge in [-0.1, -0.05) is 0 Å². The highest BCUT2D eigenvalue weighted by molar-refractivity contribution is 5.97. The quantitative estimate of drug-likeness (QED) is 0.447. The van der Waals surface area contributed by atoms with Gasteiger partial charge in [0.25, 0.3) is 6.10 Å². The highest BCUT2D eigenvalue weighted by Crippen LogP contribution is 2.00. The van der Waals surface area contributed by atoms with E-state index in [1.165, 1.54) is 0 Å². The van der Waals surface area contributed by atoms with Crippen LogP contribution >= 0.6 is 0 Å². The fourth-order valence-electron chi connectivity index (χ4n) is 0.936. The standard InChI is InChI=1S/C9H15NO6/c1-10(2)5-3-4-6(11)16-7(8(12)13)9(14)15/h7H,3-5H2,1-2H3,(H,12,13)(H,14,15). The van der Waals surface area contributed by atoms with Crippen molar-refractivity contribution in [2.45, 2.75) is 18.9 Å². The Bertz CT molecular complexity index is 261. The highest BCUT2D eigenvalue weighted by Gasteiger charge is 2.29. The number of carboxylic acid groups (broad SMARTS) is 2. The van der Waals surface area contributed by atoms with Crippen molar-refractivity contribution in [1.82, 2.24) is 4.90 Å². The van der Waals surface area contributed by atoms with E-state index in [-0.39, 0.29) is 6.42 Å². The molecule has 0 rings (SSSR count). The molecule has 0 unspecified atom stereocenters. The molecule has 92 valence electrons. The summed E-state index contributed by atoms with van der Waals surface area (Å²) in [5.74, 6) is -4.20. The molecule has 0 spiro atoms. The van der Waals surface area contributed by atoms with E-state index < -0.39 is 24.0 Å². The number of hydrogen-bond donors (Lipinski definition) is 2. The van der Waals surface area contributed by atoms with Crippen molar-refractivity contribution < 1.29 is 29.3 Å². The minimum absolute atomic E-state index is 0.00472. The maximum atomic E-state index is 11.1. The molecule has 0 aromatic heterocycles. The van der Waals surface area contributed by atoms with Crippen LogP contribution in [0.25, 0.3) is 0 Å². The minimum Gasteiger partial charge on any atom is -0.478 e. The predicted molar refractivity (Wildman–Crippen MR) is 52.9 cm³/mol. The van der Waals surface area contributed by atoms with E-state index >= 15 is 0 Å². The maximum absolute atomic E-state index is 11.1. The van der Waals surface area contributed by atoms with Crippen LogP contribution < -0.4 is 0 Å². The smallest absolute Gasteiger partial charge is 0.356 e. The monoisotopic (exact) mass is 233 g/mol. The van der Waals surface area contributed by atoms with Crippen LogP contribution in [0.5, 0.6) is 0 Å². The first kappa shape index (κ1) is 14.4.